The van der Waals surface area contributed by atoms with Crippen LogP contribution in [0.5, 0.6) is 11.5 Å². The van der Waals surface area contributed by atoms with Gasteiger partial charge in [-0.25, -0.2) is 42.3 Å². The van der Waals surface area contributed by atoms with Gasteiger partial charge in [-0.15, -0.1) is 0 Å². The number of carbonyl (C=O) groups is 1. The van der Waals surface area contributed by atoms with Crippen LogP contribution in [-0.2, 0) is 4.74 Å². The lowest BCUT2D eigenvalue weighted by molar-refractivity contribution is 0.0240. The average molecular weight is 867 g/mol. The quantitative estimate of drug-likeness (QED) is 0.168. The van der Waals surface area contributed by atoms with Crippen LogP contribution in [0.2, 0.25) is 10.0 Å². The molecule has 314 valence electrons. The van der Waals surface area contributed by atoms with E-state index < -0.39 is 28.9 Å². The molecule has 2 aliphatic heterocycles. The number of nitrogens with zero attached hydrogens (tertiary/aromatic N) is 7. The van der Waals surface area contributed by atoms with Gasteiger partial charge in [-0.2, -0.15) is 0 Å². The van der Waals surface area contributed by atoms with E-state index in [1.807, 2.05) is 25.7 Å². The van der Waals surface area contributed by atoms with Gasteiger partial charge in [0.15, 0.2) is 11.6 Å². The standard InChI is InChI=1S/C24H25ClF2N4O3.C19H16ClF2N3O/c1-24(2,3)34-23(32)31-10-8-30(9-11-31)22-14-12-15(25)18(20(27)21(14)28-13-29-22)19-16(26)6-5-7-17(19)33-4;20-12-9-11-18(23-10-24-19(11)25-7-2-1-3-8-25)17(22)15(12)16-13(21)5-4-6-14(16)26/h5-7,12-13H,8-11H2,1-4H3;4-6,9-10,26H,1-3,7-8H2. The molecule has 2 aliphatic rings. The van der Waals surface area contributed by atoms with Crippen molar-refractivity contribution >= 4 is 62.7 Å². The van der Waals surface area contributed by atoms with Crippen LogP contribution < -0.4 is 14.5 Å². The maximum Gasteiger partial charge on any atom is 0.410 e. The minimum Gasteiger partial charge on any atom is -0.507 e. The third-order valence-electron chi connectivity index (χ3n) is 10.2. The second kappa shape index (κ2) is 17.5. The number of ether oxygens (including phenoxy) is 2. The lowest BCUT2D eigenvalue weighted by Gasteiger charge is -2.36. The Morgan fingerprint density at radius 1 is 0.683 bits per heavy atom. The Labute approximate surface area is 353 Å². The van der Waals surface area contributed by atoms with Gasteiger partial charge in [-0.3, -0.25) is 0 Å². The SMILES string of the molecule is COc1cccc(F)c1-c1c(Cl)cc2c(N3CCN(C(=O)OC(C)(C)C)CC3)ncnc2c1F.Oc1cccc(F)c1-c1c(Cl)cc2c(N3CCCCC3)ncnc2c1F. The molecule has 6 aromatic rings. The van der Waals surface area contributed by atoms with Crippen LogP contribution in [0.1, 0.15) is 40.0 Å². The molecule has 0 saturated carbocycles. The smallest absolute Gasteiger partial charge is 0.410 e. The Kier molecular flexibility index (Phi) is 12.4. The number of fused-ring (bicyclic) bond motifs is 2. The van der Waals surface area contributed by atoms with E-state index in [0.717, 1.165) is 38.4 Å². The number of piperidine rings is 1. The maximum absolute atomic E-state index is 15.7. The highest BCUT2D eigenvalue weighted by Gasteiger charge is 2.29. The van der Waals surface area contributed by atoms with E-state index in [0.29, 0.717) is 48.6 Å². The van der Waals surface area contributed by atoms with Crippen molar-refractivity contribution in [3.05, 3.63) is 94.5 Å². The number of benzene rings is 4. The van der Waals surface area contributed by atoms with Crippen molar-refractivity contribution in [3.63, 3.8) is 0 Å². The van der Waals surface area contributed by atoms with Gasteiger partial charge < -0.3 is 29.3 Å². The summed E-state index contributed by atoms with van der Waals surface area (Å²) in [5.74, 6) is -2.05. The fourth-order valence-corrected chi connectivity index (χ4v) is 7.98. The average Bonchev–Trinajstić information content (AvgIpc) is 3.22. The van der Waals surface area contributed by atoms with Gasteiger partial charge >= 0.3 is 6.09 Å². The number of aromatic nitrogens is 4. The molecule has 8 rings (SSSR count). The molecule has 0 bridgehead atoms. The van der Waals surface area contributed by atoms with Crippen LogP contribution in [0.15, 0.2) is 61.2 Å². The first-order chi connectivity index (χ1) is 28.7. The Morgan fingerprint density at radius 3 is 1.70 bits per heavy atom. The molecule has 2 fully saturated rings. The second-order valence-corrected chi connectivity index (χ2v) is 16.0. The molecular weight excluding hydrogens is 825 g/mol. The van der Waals surface area contributed by atoms with Crippen molar-refractivity contribution in [2.45, 2.75) is 45.6 Å². The van der Waals surface area contributed by atoms with Gasteiger partial charge in [0.1, 0.15) is 64.1 Å². The fraction of sp³-hybridized carbons (Fsp3) is 0.326. The Morgan fingerprint density at radius 2 is 1.18 bits per heavy atom. The normalized spacial score (nSPS) is 14.6. The van der Waals surface area contributed by atoms with E-state index >= 15 is 8.78 Å². The maximum atomic E-state index is 15.7. The number of hydrogen-bond donors (Lipinski definition) is 1. The van der Waals surface area contributed by atoms with Crippen LogP contribution in [-0.4, -0.2) is 88.0 Å². The predicted octanol–water partition coefficient (Wildman–Crippen LogP) is 10.2. The molecule has 2 aromatic heterocycles. The summed E-state index contributed by atoms with van der Waals surface area (Å²) in [6, 6.07) is 11.1. The molecule has 60 heavy (non-hydrogen) atoms. The van der Waals surface area contributed by atoms with Gasteiger partial charge in [0.25, 0.3) is 0 Å². The fourth-order valence-electron chi connectivity index (χ4n) is 7.41. The molecule has 1 N–H and O–H groups in total. The van der Waals surface area contributed by atoms with E-state index in [9.17, 15) is 18.7 Å². The van der Waals surface area contributed by atoms with Crippen molar-refractivity contribution in [2.75, 3.05) is 56.2 Å². The van der Waals surface area contributed by atoms with Gasteiger partial charge in [-0.1, -0.05) is 35.3 Å². The number of phenols is 1. The molecule has 4 heterocycles. The third kappa shape index (κ3) is 8.50. The number of anilines is 2. The summed E-state index contributed by atoms with van der Waals surface area (Å²) < 4.78 is 70.5. The molecule has 4 aromatic carbocycles. The molecule has 0 radical (unpaired) electrons. The van der Waals surface area contributed by atoms with Crippen molar-refractivity contribution < 1.29 is 36.9 Å². The highest BCUT2D eigenvalue weighted by molar-refractivity contribution is 6.35. The number of amides is 1. The zero-order valence-corrected chi connectivity index (χ0v) is 34.7. The minimum absolute atomic E-state index is 0.00320. The van der Waals surface area contributed by atoms with Gasteiger partial charge in [-0.05, 0) is 76.4 Å². The lowest BCUT2D eigenvalue weighted by atomic mass is 10.0. The second-order valence-electron chi connectivity index (χ2n) is 15.2. The first-order valence-electron chi connectivity index (χ1n) is 19.2. The number of rotatable bonds is 5. The Hall–Kier alpha value is -5.67. The van der Waals surface area contributed by atoms with Gasteiger partial charge in [0, 0.05) is 61.2 Å². The minimum atomic E-state index is -0.770. The highest BCUT2D eigenvalue weighted by Crippen LogP contribution is 2.44. The van der Waals surface area contributed by atoms with E-state index in [1.54, 1.807) is 11.0 Å². The van der Waals surface area contributed by atoms with Crippen LogP contribution >= 0.6 is 23.2 Å². The van der Waals surface area contributed by atoms with Crippen LogP contribution in [0.3, 0.4) is 0 Å². The number of phenolic OH excluding ortho intramolecular Hbond substituents is 1. The third-order valence-corrected chi connectivity index (χ3v) is 10.8. The van der Waals surface area contributed by atoms with Crippen molar-refractivity contribution in [2.24, 2.45) is 0 Å². The summed E-state index contributed by atoms with van der Waals surface area (Å²) in [4.78, 5) is 34.8. The molecule has 0 spiro atoms. The molecular formula is C43H41Cl2F4N7O4. The van der Waals surface area contributed by atoms with Crippen LogP contribution in [0, 0.1) is 23.3 Å². The van der Waals surface area contributed by atoms with E-state index in [4.69, 9.17) is 32.7 Å². The van der Waals surface area contributed by atoms with Crippen LogP contribution in [0.25, 0.3) is 44.1 Å². The molecule has 11 nitrogen and oxygen atoms in total. The molecule has 17 heteroatoms. The van der Waals surface area contributed by atoms with E-state index in [2.05, 4.69) is 24.8 Å². The molecule has 0 unspecified atom stereocenters. The summed E-state index contributed by atoms with van der Waals surface area (Å²) in [6.07, 6.45) is 5.43. The molecule has 0 atom stereocenters. The molecule has 2 saturated heterocycles. The van der Waals surface area contributed by atoms with Crippen molar-refractivity contribution in [1.82, 2.24) is 24.8 Å². The summed E-state index contributed by atoms with van der Waals surface area (Å²) >= 11 is 12.8. The van der Waals surface area contributed by atoms with Gasteiger partial charge in [0.2, 0.25) is 0 Å². The number of aromatic hydroxyl groups is 1. The zero-order valence-electron chi connectivity index (χ0n) is 33.2. The predicted molar refractivity (Wildman–Crippen MR) is 224 cm³/mol. The first kappa shape index (κ1) is 42.5. The van der Waals surface area contributed by atoms with E-state index in [-0.39, 0.29) is 60.9 Å². The number of carbonyl (C=O) groups excluding carboxylic acids is 1. The number of piperazine rings is 1. The summed E-state index contributed by atoms with van der Waals surface area (Å²) in [5.41, 5.74) is -1.16. The molecule has 1 amide bonds. The molecule has 0 aliphatic carbocycles. The number of halogens is 6. The van der Waals surface area contributed by atoms with E-state index in [1.165, 1.54) is 56.2 Å². The number of methoxy groups -OCH3 is 1. The summed E-state index contributed by atoms with van der Waals surface area (Å²) in [6.45, 7) is 8.89. The summed E-state index contributed by atoms with van der Waals surface area (Å²) in [7, 11) is 1.38. The Balaban J connectivity index is 0.000000188. The monoisotopic (exact) mass is 865 g/mol. The van der Waals surface area contributed by atoms with Crippen LogP contribution in [0.4, 0.5) is 34.0 Å². The number of hydrogen-bond acceptors (Lipinski definition) is 10. The lowest BCUT2D eigenvalue weighted by Crippen LogP contribution is -2.50. The highest BCUT2D eigenvalue weighted by atomic mass is 35.5. The summed E-state index contributed by atoms with van der Waals surface area (Å²) in [5, 5.41) is 10.9. The van der Waals surface area contributed by atoms with Gasteiger partial charge in [0.05, 0.1) is 28.3 Å². The Bertz CT molecular complexity index is 2560. The zero-order chi connectivity index (χ0) is 42.9. The largest absolute Gasteiger partial charge is 0.507 e. The van der Waals surface area contributed by atoms with Crippen molar-refractivity contribution in [3.8, 4) is 33.8 Å². The van der Waals surface area contributed by atoms with Crippen molar-refractivity contribution in [1.29, 1.82) is 0 Å². The first-order valence-corrected chi connectivity index (χ1v) is 20.0. The topological polar surface area (TPSA) is 117 Å².